The molecular formula is C32H35FN6O4. The van der Waals surface area contributed by atoms with Crippen molar-refractivity contribution < 1.29 is 23.8 Å². The van der Waals surface area contributed by atoms with Crippen molar-refractivity contribution in [1.29, 1.82) is 0 Å². The third kappa shape index (κ3) is 5.38. The van der Waals surface area contributed by atoms with Crippen LogP contribution in [0.4, 0.5) is 20.7 Å². The van der Waals surface area contributed by atoms with Crippen molar-refractivity contribution in [2.75, 3.05) is 43.4 Å². The van der Waals surface area contributed by atoms with Gasteiger partial charge in [-0.1, -0.05) is 13.0 Å². The summed E-state index contributed by atoms with van der Waals surface area (Å²) in [6.45, 7) is 7.54. The standard InChI is InChI=1S/C32H35FN6O4/c1-2-38-11-13-39(14-12-38)18-19-3-4-20(15-25(19)33)35-31(42)37-32-17-24(32)29(32)23-16-21(5-7-26(23)40)43-27-9-10-34-30-22(27)6-8-28(41)36-30/h3-5,7,9-10,15-16,24,29,40H,2,6,8,11-14,17-18H2,1H3,(H,34,36,41)(H2,35,37,42)/t24-,29+,32-/m0/s1. The highest BCUT2D eigenvalue weighted by Crippen LogP contribution is 2.77. The molecule has 0 unspecified atom stereocenters. The second kappa shape index (κ2) is 10.8. The molecule has 2 aromatic carbocycles. The van der Waals surface area contributed by atoms with E-state index in [1.165, 1.54) is 6.07 Å². The predicted octanol–water partition coefficient (Wildman–Crippen LogP) is 4.42. The predicted molar refractivity (Wildman–Crippen MR) is 159 cm³/mol. The van der Waals surface area contributed by atoms with Crippen LogP contribution >= 0.6 is 0 Å². The Labute approximate surface area is 249 Å². The molecule has 0 bridgehead atoms. The number of phenols is 1. The Morgan fingerprint density at radius 2 is 1.95 bits per heavy atom. The van der Waals surface area contributed by atoms with E-state index in [0.717, 1.165) is 44.7 Å². The van der Waals surface area contributed by atoms with E-state index in [4.69, 9.17) is 4.74 Å². The number of carbonyl (C=O) groups excluding carboxylic acids is 2. The molecule has 3 aromatic rings. The first-order valence-corrected chi connectivity index (χ1v) is 14.9. The molecule has 1 saturated heterocycles. The third-order valence-corrected chi connectivity index (χ3v) is 9.31. The van der Waals surface area contributed by atoms with Crippen molar-refractivity contribution in [3.63, 3.8) is 0 Å². The number of nitrogens with one attached hydrogen (secondary N) is 3. The number of likely N-dealkylation sites (N-methyl/N-ethyl adjacent to an activating group) is 1. The van der Waals surface area contributed by atoms with Crippen molar-refractivity contribution in [2.45, 2.75) is 44.2 Å². The summed E-state index contributed by atoms with van der Waals surface area (Å²) in [4.78, 5) is 33.5. The zero-order valence-electron chi connectivity index (χ0n) is 24.0. The minimum absolute atomic E-state index is 0.0419. The number of fused-ring (bicyclic) bond motifs is 2. The Balaban J connectivity index is 0.973. The Hall–Kier alpha value is -4.22. The summed E-state index contributed by atoms with van der Waals surface area (Å²) in [5.41, 5.74) is 2.13. The maximum atomic E-state index is 14.9. The molecule has 3 heterocycles. The van der Waals surface area contributed by atoms with Gasteiger partial charge in [0.2, 0.25) is 5.91 Å². The topological polar surface area (TPSA) is 119 Å². The van der Waals surface area contributed by atoms with Gasteiger partial charge < -0.3 is 30.7 Å². The number of urea groups is 1. The smallest absolute Gasteiger partial charge is 0.319 e. The number of rotatable bonds is 8. The van der Waals surface area contributed by atoms with E-state index in [-0.39, 0.29) is 29.3 Å². The first-order valence-electron chi connectivity index (χ1n) is 14.9. The largest absolute Gasteiger partial charge is 0.508 e. The highest BCUT2D eigenvalue weighted by Gasteiger charge is 2.80. The van der Waals surface area contributed by atoms with Crippen LogP contribution in [0.25, 0.3) is 0 Å². The van der Waals surface area contributed by atoms with Crippen molar-refractivity contribution in [1.82, 2.24) is 20.1 Å². The average Bonchev–Trinajstić information content (AvgIpc) is 3.86. The van der Waals surface area contributed by atoms with Crippen LogP contribution in [-0.2, 0) is 17.8 Å². The van der Waals surface area contributed by atoms with Crippen molar-refractivity contribution in [2.24, 2.45) is 5.92 Å². The van der Waals surface area contributed by atoms with Crippen LogP contribution in [-0.4, -0.2) is 70.1 Å². The maximum Gasteiger partial charge on any atom is 0.319 e. The molecule has 1 aromatic heterocycles. The number of aromatic hydroxyl groups is 1. The van der Waals surface area contributed by atoms with Gasteiger partial charge in [0, 0.05) is 73.6 Å². The van der Waals surface area contributed by atoms with E-state index in [1.54, 1.807) is 42.6 Å². The lowest BCUT2D eigenvalue weighted by molar-refractivity contribution is -0.116. The van der Waals surface area contributed by atoms with Crippen LogP contribution in [0.3, 0.4) is 0 Å². The summed E-state index contributed by atoms with van der Waals surface area (Å²) < 4.78 is 21.1. The number of nitrogens with zero attached hydrogens (tertiary/aromatic N) is 3. The molecule has 3 atom stereocenters. The van der Waals surface area contributed by atoms with E-state index >= 15 is 0 Å². The molecule has 7 rings (SSSR count). The minimum atomic E-state index is -0.431. The molecule has 0 spiro atoms. The fourth-order valence-electron chi connectivity index (χ4n) is 6.58. The van der Waals surface area contributed by atoms with Gasteiger partial charge in [-0.05, 0) is 61.7 Å². The molecule has 2 aliphatic carbocycles. The number of amides is 3. The summed E-state index contributed by atoms with van der Waals surface area (Å²) in [5, 5.41) is 19.3. The molecule has 2 saturated carbocycles. The van der Waals surface area contributed by atoms with E-state index in [2.05, 4.69) is 37.7 Å². The van der Waals surface area contributed by atoms with Crippen LogP contribution in [0.2, 0.25) is 0 Å². The Bertz CT molecular complexity index is 1590. The number of pyridine rings is 1. The minimum Gasteiger partial charge on any atom is -0.508 e. The van der Waals surface area contributed by atoms with E-state index in [9.17, 15) is 19.1 Å². The summed E-state index contributed by atoms with van der Waals surface area (Å²) in [5.74, 6) is 1.57. The Morgan fingerprint density at radius 1 is 1.14 bits per heavy atom. The third-order valence-electron chi connectivity index (χ3n) is 9.31. The lowest BCUT2D eigenvalue weighted by atomic mass is 9.99. The number of benzene rings is 2. The van der Waals surface area contributed by atoms with Crippen molar-refractivity contribution >= 4 is 23.4 Å². The Kier molecular flexibility index (Phi) is 6.94. The number of anilines is 2. The molecular weight excluding hydrogens is 551 g/mol. The highest BCUT2D eigenvalue weighted by atomic mass is 19.1. The quantitative estimate of drug-likeness (QED) is 0.309. The number of carbonyl (C=O) groups is 2. The second-order valence-corrected chi connectivity index (χ2v) is 11.9. The number of phenolic OH excluding ortho intramolecular Hbond substituents is 1. The number of ether oxygens (including phenoxy) is 1. The molecule has 224 valence electrons. The number of aromatic nitrogens is 1. The molecule has 10 nitrogen and oxygen atoms in total. The van der Waals surface area contributed by atoms with Crippen LogP contribution in [0, 0.1) is 11.7 Å². The van der Waals surface area contributed by atoms with Crippen molar-refractivity contribution in [3.8, 4) is 17.2 Å². The summed E-state index contributed by atoms with van der Waals surface area (Å²) in [6, 6.07) is 11.3. The highest BCUT2D eigenvalue weighted by molar-refractivity contribution is 5.93. The monoisotopic (exact) mass is 586 g/mol. The van der Waals surface area contributed by atoms with Gasteiger partial charge in [0.05, 0.1) is 5.54 Å². The van der Waals surface area contributed by atoms with E-state index < -0.39 is 11.6 Å². The summed E-state index contributed by atoms with van der Waals surface area (Å²) >= 11 is 0. The summed E-state index contributed by atoms with van der Waals surface area (Å²) in [7, 11) is 0. The normalized spacial score (nSPS) is 24.4. The van der Waals surface area contributed by atoms with Gasteiger partial charge >= 0.3 is 6.03 Å². The van der Waals surface area contributed by atoms with Gasteiger partial charge in [-0.3, -0.25) is 9.69 Å². The SMILES string of the molecule is CCN1CCN(Cc2ccc(NC(=O)N[C@@]34C[C@H]3[C@H]4c3cc(Oc4ccnc5c4CCC(=O)N5)ccc3O)cc2F)CC1. The fourth-order valence-corrected chi connectivity index (χ4v) is 6.58. The zero-order valence-corrected chi connectivity index (χ0v) is 24.0. The summed E-state index contributed by atoms with van der Waals surface area (Å²) in [6.07, 6.45) is 3.29. The molecule has 3 fully saturated rings. The van der Waals surface area contributed by atoms with Gasteiger partial charge in [0.1, 0.15) is 28.9 Å². The maximum absolute atomic E-state index is 14.9. The first-order chi connectivity index (χ1) is 20.8. The van der Waals surface area contributed by atoms with Crippen molar-refractivity contribution in [3.05, 3.63) is 71.2 Å². The number of piperazine rings is 1. The zero-order chi connectivity index (χ0) is 29.7. The number of hydrogen-bond donors (Lipinski definition) is 4. The van der Waals surface area contributed by atoms with Gasteiger partial charge in [0.25, 0.3) is 0 Å². The van der Waals surface area contributed by atoms with Gasteiger partial charge in [0.15, 0.2) is 0 Å². The first kappa shape index (κ1) is 27.6. The molecule has 3 amide bonds. The molecule has 4 N–H and O–H groups in total. The molecule has 4 aliphatic rings. The number of halogens is 1. The Morgan fingerprint density at radius 3 is 2.72 bits per heavy atom. The van der Waals surface area contributed by atoms with E-state index in [0.29, 0.717) is 53.5 Å². The van der Waals surface area contributed by atoms with Gasteiger partial charge in [-0.25, -0.2) is 14.2 Å². The lowest BCUT2D eigenvalue weighted by Crippen LogP contribution is -2.45. The molecule has 0 radical (unpaired) electrons. The fraction of sp³-hybridized carbons (Fsp3) is 0.406. The van der Waals surface area contributed by atoms with Crippen LogP contribution in [0.1, 0.15) is 42.4 Å². The second-order valence-electron chi connectivity index (χ2n) is 11.9. The molecule has 43 heavy (non-hydrogen) atoms. The lowest BCUT2D eigenvalue weighted by Gasteiger charge is -2.34. The van der Waals surface area contributed by atoms with Crippen LogP contribution in [0.5, 0.6) is 17.2 Å². The average molecular weight is 587 g/mol. The van der Waals surface area contributed by atoms with Crippen LogP contribution < -0.4 is 20.7 Å². The van der Waals surface area contributed by atoms with Gasteiger partial charge in [-0.15, -0.1) is 0 Å². The van der Waals surface area contributed by atoms with Crippen LogP contribution in [0.15, 0.2) is 48.7 Å². The molecule has 2 aliphatic heterocycles. The van der Waals surface area contributed by atoms with E-state index in [1.807, 2.05) is 0 Å². The number of hydrogen-bond acceptors (Lipinski definition) is 7. The van der Waals surface area contributed by atoms with Gasteiger partial charge in [-0.2, -0.15) is 0 Å². The molecule has 11 heteroatoms.